The van der Waals surface area contributed by atoms with Crippen LogP contribution in [0, 0.1) is 6.92 Å². The molecule has 0 saturated carbocycles. The van der Waals surface area contributed by atoms with Crippen LogP contribution >= 0.6 is 11.6 Å². The Hall–Kier alpha value is -2.78. The second kappa shape index (κ2) is 12.0. The number of methoxy groups -OCH3 is 1. The number of hydrogen-bond acceptors (Lipinski definition) is 5. The summed E-state index contributed by atoms with van der Waals surface area (Å²) >= 11 is 6.14. The lowest BCUT2D eigenvalue weighted by Crippen LogP contribution is -2.55. The van der Waals surface area contributed by atoms with Crippen molar-refractivity contribution < 1.29 is 22.7 Å². The molecule has 198 valence electrons. The molecule has 2 amide bonds. The van der Waals surface area contributed by atoms with E-state index in [2.05, 4.69) is 5.32 Å². The number of nitrogens with zero attached hydrogens (tertiary/aromatic N) is 2. The summed E-state index contributed by atoms with van der Waals surface area (Å²) in [5, 5.41) is 3.29. The smallest absolute Gasteiger partial charge is 0.244 e. The number of amides is 2. The van der Waals surface area contributed by atoms with Crippen LogP contribution in [0.15, 0.2) is 42.5 Å². The average molecular weight is 538 g/mol. The highest BCUT2D eigenvalue weighted by Gasteiger charge is 2.33. The standard InChI is InChI=1S/C26H36ClN3O5S/c1-8-22(25(32)28-26(3,4)5)29(16-19-10-9-11-21(14-19)35-6)24(31)17-30(36(7,33)34)23-15-20(27)13-12-18(23)2/h9-15,22H,8,16-17H2,1-7H3,(H,28,32)/t22-/m0/s1. The number of aryl methyl sites for hydroxylation is 1. The molecule has 0 aliphatic rings. The summed E-state index contributed by atoms with van der Waals surface area (Å²) in [6.07, 6.45) is 1.38. The fourth-order valence-corrected chi connectivity index (χ4v) is 4.85. The number of sulfonamides is 1. The molecule has 1 atom stereocenters. The van der Waals surface area contributed by atoms with E-state index in [1.54, 1.807) is 44.4 Å². The Morgan fingerprint density at radius 2 is 1.81 bits per heavy atom. The normalized spacial score (nSPS) is 12.6. The first-order chi connectivity index (χ1) is 16.7. The molecule has 8 nitrogen and oxygen atoms in total. The van der Waals surface area contributed by atoms with Crippen molar-refractivity contribution in [2.75, 3.05) is 24.2 Å². The molecule has 0 aliphatic carbocycles. The van der Waals surface area contributed by atoms with E-state index in [4.69, 9.17) is 16.3 Å². The lowest BCUT2D eigenvalue weighted by Gasteiger charge is -2.34. The third-order valence-electron chi connectivity index (χ3n) is 5.49. The van der Waals surface area contributed by atoms with Gasteiger partial charge in [-0.3, -0.25) is 13.9 Å². The molecule has 0 saturated heterocycles. The van der Waals surface area contributed by atoms with Crippen LogP contribution in [0.2, 0.25) is 5.02 Å². The average Bonchev–Trinajstić information content (AvgIpc) is 2.77. The van der Waals surface area contributed by atoms with E-state index < -0.39 is 34.1 Å². The first kappa shape index (κ1) is 29.5. The Bertz CT molecular complexity index is 1190. The van der Waals surface area contributed by atoms with Crippen LogP contribution in [0.3, 0.4) is 0 Å². The molecule has 0 aliphatic heterocycles. The molecule has 0 heterocycles. The van der Waals surface area contributed by atoms with Gasteiger partial charge in [-0.25, -0.2) is 8.42 Å². The van der Waals surface area contributed by atoms with Crippen LogP contribution in [0.4, 0.5) is 5.69 Å². The maximum absolute atomic E-state index is 13.8. The number of halogens is 1. The van der Waals surface area contributed by atoms with Crippen molar-refractivity contribution in [3.8, 4) is 5.75 Å². The fraction of sp³-hybridized carbons (Fsp3) is 0.462. The maximum atomic E-state index is 13.8. The van der Waals surface area contributed by atoms with Gasteiger partial charge < -0.3 is 15.0 Å². The predicted molar refractivity (Wildman–Crippen MR) is 144 cm³/mol. The molecule has 2 aromatic rings. The van der Waals surface area contributed by atoms with Gasteiger partial charge >= 0.3 is 0 Å². The minimum absolute atomic E-state index is 0.0955. The number of rotatable bonds is 10. The number of nitrogens with one attached hydrogen (secondary N) is 1. The highest BCUT2D eigenvalue weighted by molar-refractivity contribution is 7.92. The minimum atomic E-state index is -3.84. The van der Waals surface area contributed by atoms with E-state index in [9.17, 15) is 18.0 Å². The van der Waals surface area contributed by atoms with E-state index in [0.717, 1.165) is 16.1 Å². The molecule has 10 heteroatoms. The van der Waals surface area contributed by atoms with Crippen molar-refractivity contribution in [3.63, 3.8) is 0 Å². The monoisotopic (exact) mass is 537 g/mol. The third-order valence-corrected chi connectivity index (χ3v) is 6.85. The molecule has 2 aromatic carbocycles. The summed E-state index contributed by atoms with van der Waals surface area (Å²) in [6.45, 7) is 8.75. The molecule has 36 heavy (non-hydrogen) atoms. The topological polar surface area (TPSA) is 96.0 Å². The van der Waals surface area contributed by atoms with Crippen molar-refractivity contribution in [3.05, 3.63) is 58.6 Å². The lowest BCUT2D eigenvalue weighted by atomic mass is 10.1. The van der Waals surface area contributed by atoms with E-state index in [-0.39, 0.29) is 12.5 Å². The highest BCUT2D eigenvalue weighted by atomic mass is 35.5. The van der Waals surface area contributed by atoms with Crippen LogP contribution in [-0.4, -0.2) is 56.6 Å². The summed E-state index contributed by atoms with van der Waals surface area (Å²) in [6, 6.07) is 11.2. The van der Waals surface area contributed by atoms with Gasteiger partial charge in [0.25, 0.3) is 0 Å². The summed E-state index contributed by atoms with van der Waals surface area (Å²) < 4.78 is 31.9. The van der Waals surface area contributed by atoms with Crippen molar-refractivity contribution in [2.45, 2.75) is 59.2 Å². The molecule has 0 spiro atoms. The lowest BCUT2D eigenvalue weighted by molar-refractivity contribution is -0.141. The van der Waals surface area contributed by atoms with Crippen LogP contribution in [-0.2, 0) is 26.2 Å². The molecule has 2 rings (SSSR count). The number of benzene rings is 2. The Kier molecular flexibility index (Phi) is 9.79. The molecule has 0 radical (unpaired) electrons. The molecular formula is C26H36ClN3O5S. The number of ether oxygens (including phenoxy) is 1. The second-order valence-electron chi connectivity index (χ2n) is 9.74. The first-order valence-corrected chi connectivity index (χ1v) is 13.9. The Morgan fingerprint density at radius 3 is 2.36 bits per heavy atom. The Morgan fingerprint density at radius 1 is 1.14 bits per heavy atom. The van der Waals surface area contributed by atoms with Gasteiger partial charge in [-0.2, -0.15) is 0 Å². The van der Waals surface area contributed by atoms with Crippen molar-refractivity contribution in [1.82, 2.24) is 10.2 Å². The van der Waals surface area contributed by atoms with Crippen LogP contribution in [0.25, 0.3) is 0 Å². The summed E-state index contributed by atoms with van der Waals surface area (Å²) in [5.41, 5.74) is 1.20. The minimum Gasteiger partial charge on any atom is -0.497 e. The van der Waals surface area contributed by atoms with Gasteiger partial charge in [0, 0.05) is 17.1 Å². The van der Waals surface area contributed by atoms with Gasteiger partial charge in [-0.05, 0) is 69.5 Å². The molecular weight excluding hydrogens is 502 g/mol. The Balaban J connectivity index is 2.52. The highest BCUT2D eigenvalue weighted by Crippen LogP contribution is 2.27. The zero-order valence-corrected chi connectivity index (χ0v) is 23.5. The number of carbonyl (C=O) groups is 2. The largest absolute Gasteiger partial charge is 0.497 e. The summed E-state index contributed by atoms with van der Waals surface area (Å²) in [4.78, 5) is 28.4. The van der Waals surface area contributed by atoms with Crippen LogP contribution in [0.1, 0.15) is 45.2 Å². The number of anilines is 1. The second-order valence-corrected chi connectivity index (χ2v) is 12.1. The molecule has 0 unspecified atom stereocenters. The van der Waals surface area contributed by atoms with Crippen molar-refractivity contribution >= 4 is 39.1 Å². The van der Waals surface area contributed by atoms with Crippen molar-refractivity contribution in [2.24, 2.45) is 0 Å². The molecule has 0 bridgehead atoms. The fourth-order valence-electron chi connectivity index (χ4n) is 3.79. The molecule has 0 aromatic heterocycles. The zero-order chi connectivity index (χ0) is 27.3. The van der Waals surface area contributed by atoms with E-state index >= 15 is 0 Å². The maximum Gasteiger partial charge on any atom is 0.244 e. The van der Waals surface area contributed by atoms with Crippen LogP contribution in [0.5, 0.6) is 5.75 Å². The van der Waals surface area contributed by atoms with E-state index in [1.165, 1.54) is 11.0 Å². The van der Waals surface area contributed by atoms with Gasteiger partial charge in [-0.1, -0.05) is 36.7 Å². The third kappa shape index (κ3) is 8.13. The van der Waals surface area contributed by atoms with Gasteiger partial charge in [-0.15, -0.1) is 0 Å². The quantitative estimate of drug-likeness (QED) is 0.491. The number of carbonyl (C=O) groups excluding carboxylic acids is 2. The summed E-state index contributed by atoms with van der Waals surface area (Å²) in [5.74, 6) is -0.218. The van der Waals surface area contributed by atoms with Gasteiger partial charge in [0.15, 0.2) is 0 Å². The zero-order valence-electron chi connectivity index (χ0n) is 22.0. The van der Waals surface area contributed by atoms with Gasteiger partial charge in [0.05, 0.1) is 19.1 Å². The SMILES string of the molecule is CC[C@@H](C(=O)NC(C)(C)C)N(Cc1cccc(OC)c1)C(=O)CN(c1cc(Cl)ccc1C)S(C)(=O)=O. The predicted octanol–water partition coefficient (Wildman–Crippen LogP) is 4.15. The van der Waals surface area contributed by atoms with Gasteiger partial charge in [0.2, 0.25) is 21.8 Å². The van der Waals surface area contributed by atoms with Gasteiger partial charge in [0.1, 0.15) is 18.3 Å². The Labute approximate surface area is 219 Å². The first-order valence-electron chi connectivity index (χ1n) is 11.6. The van der Waals surface area contributed by atoms with E-state index in [1.807, 2.05) is 33.8 Å². The molecule has 0 fully saturated rings. The van der Waals surface area contributed by atoms with Crippen molar-refractivity contribution in [1.29, 1.82) is 0 Å². The molecule has 1 N–H and O–H groups in total. The van der Waals surface area contributed by atoms with E-state index in [0.29, 0.717) is 28.4 Å². The van der Waals surface area contributed by atoms with Crippen LogP contribution < -0.4 is 14.4 Å². The number of hydrogen-bond donors (Lipinski definition) is 1. The summed E-state index contributed by atoms with van der Waals surface area (Å²) in [7, 11) is -2.30.